The summed E-state index contributed by atoms with van der Waals surface area (Å²) < 4.78 is 8.50. The second-order valence-electron chi connectivity index (χ2n) is 7.23. The number of benzene rings is 1. The first-order valence-corrected chi connectivity index (χ1v) is 9.49. The molecule has 138 valence electrons. The molecule has 1 fully saturated rings. The molecule has 2 heterocycles. The van der Waals surface area contributed by atoms with Crippen LogP contribution in [-0.2, 0) is 6.54 Å². The lowest BCUT2D eigenvalue weighted by Gasteiger charge is -2.40. The fourth-order valence-electron chi connectivity index (χ4n) is 4.15. The lowest BCUT2D eigenvalue weighted by molar-refractivity contribution is 0.0396. The zero-order valence-corrected chi connectivity index (χ0v) is 15.3. The first kappa shape index (κ1) is 16.9. The number of imidazole rings is 1. The van der Waals surface area contributed by atoms with E-state index in [1.807, 2.05) is 19.6 Å². The monoisotopic (exact) mass is 353 g/mol. The molecule has 26 heavy (non-hydrogen) atoms. The average Bonchev–Trinajstić information content (AvgIpc) is 3.33. The molecular formula is C20H27N5O. The highest BCUT2D eigenvalue weighted by molar-refractivity contribution is 5.80. The molecule has 1 saturated carbocycles. The first-order valence-electron chi connectivity index (χ1n) is 9.49. The van der Waals surface area contributed by atoms with Crippen LogP contribution in [-0.4, -0.2) is 34.7 Å². The molecular weight excluding hydrogens is 326 g/mol. The number of rotatable bonds is 4. The second kappa shape index (κ2) is 7.40. The van der Waals surface area contributed by atoms with E-state index < -0.39 is 0 Å². The summed E-state index contributed by atoms with van der Waals surface area (Å²) in [6.07, 6.45) is 11.4. The van der Waals surface area contributed by atoms with E-state index in [1.54, 1.807) is 6.20 Å². The van der Waals surface area contributed by atoms with E-state index in [0.717, 1.165) is 44.1 Å². The van der Waals surface area contributed by atoms with Gasteiger partial charge in [0.05, 0.1) is 12.4 Å². The Hall–Kier alpha value is -2.50. The minimum atomic E-state index is -0.0122. The maximum Gasteiger partial charge on any atom is 0.191 e. The van der Waals surface area contributed by atoms with Crippen LogP contribution in [0.3, 0.4) is 0 Å². The van der Waals surface area contributed by atoms with Gasteiger partial charge < -0.3 is 19.9 Å². The zero-order valence-electron chi connectivity index (χ0n) is 15.3. The molecule has 0 amide bonds. The summed E-state index contributed by atoms with van der Waals surface area (Å²) in [5.74, 6) is 1.85. The van der Waals surface area contributed by atoms with Crippen LogP contribution in [0.15, 0.2) is 48.0 Å². The highest BCUT2D eigenvalue weighted by Crippen LogP contribution is 2.46. The van der Waals surface area contributed by atoms with Crippen molar-refractivity contribution in [2.75, 3.05) is 13.6 Å². The normalized spacial score (nSPS) is 21.3. The Balaban J connectivity index is 1.44. The summed E-state index contributed by atoms with van der Waals surface area (Å²) in [5.41, 5.74) is 1.21. The molecule has 1 aromatic heterocycles. The molecule has 0 saturated heterocycles. The smallest absolute Gasteiger partial charge is 0.191 e. The minimum absolute atomic E-state index is 0.0122. The van der Waals surface area contributed by atoms with Gasteiger partial charge in [-0.3, -0.25) is 4.99 Å². The quantitative estimate of drug-likeness (QED) is 0.655. The molecule has 6 nitrogen and oxygen atoms in total. The number of nitrogens with zero attached hydrogens (tertiary/aromatic N) is 3. The van der Waals surface area contributed by atoms with Crippen LogP contribution >= 0.6 is 0 Å². The summed E-state index contributed by atoms with van der Waals surface area (Å²) in [6.45, 7) is 1.65. The molecule has 1 atom stereocenters. The number of aliphatic imine (C=N–C) groups is 1. The third-order valence-corrected chi connectivity index (χ3v) is 5.47. The van der Waals surface area contributed by atoms with Crippen molar-refractivity contribution in [2.24, 2.45) is 4.99 Å². The van der Waals surface area contributed by atoms with Gasteiger partial charge in [-0.25, -0.2) is 4.98 Å². The summed E-state index contributed by atoms with van der Waals surface area (Å²) in [7, 11) is 1.82. The molecule has 0 bridgehead atoms. The number of guanidine groups is 1. The Morgan fingerprint density at radius 2 is 2.19 bits per heavy atom. The number of hydrogen-bond acceptors (Lipinski definition) is 3. The largest absolute Gasteiger partial charge is 0.487 e. The van der Waals surface area contributed by atoms with Crippen LogP contribution in [0.2, 0.25) is 0 Å². The minimum Gasteiger partial charge on any atom is -0.487 e. The SMILES string of the molecule is CN=C(NCCn1ccnc1)NC1CC2(CCCC2)Oc2ccccc21. The Morgan fingerprint density at radius 3 is 2.96 bits per heavy atom. The molecule has 2 N–H and O–H groups in total. The maximum atomic E-state index is 6.45. The van der Waals surface area contributed by atoms with E-state index in [4.69, 9.17) is 4.74 Å². The highest BCUT2D eigenvalue weighted by atomic mass is 16.5. The van der Waals surface area contributed by atoms with Gasteiger partial charge in [0, 0.05) is 44.5 Å². The molecule has 1 unspecified atom stereocenters. The van der Waals surface area contributed by atoms with E-state index in [9.17, 15) is 0 Å². The van der Waals surface area contributed by atoms with Crippen molar-refractivity contribution in [2.45, 2.75) is 50.3 Å². The number of ether oxygens (including phenoxy) is 1. The molecule has 0 radical (unpaired) electrons. The molecule has 1 aromatic carbocycles. The van der Waals surface area contributed by atoms with Gasteiger partial charge in [-0.2, -0.15) is 0 Å². The lowest BCUT2D eigenvalue weighted by atomic mass is 9.86. The number of nitrogens with one attached hydrogen (secondary N) is 2. The second-order valence-corrected chi connectivity index (χ2v) is 7.23. The van der Waals surface area contributed by atoms with Gasteiger partial charge in [0.25, 0.3) is 0 Å². The van der Waals surface area contributed by atoms with E-state index in [2.05, 4.69) is 49.4 Å². The van der Waals surface area contributed by atoms with Crippen LogP contribution in [0.1, 0.15) is 43.7 Å². The van der Waals surface area contributed by atoms with Crippen molar-refractivity contribution in [1.82, 2.24) is 20.2 Å². The fourth-order valence-corrected chi connectivity index (χ4v) is 4.15. The van der Waals surface area contributed by atoms with Gasteiger partial charge in [0.15, 0.2) is 5.96 Å². The third-order valence-electron chi connectivity index (χ3n) is 5.47. The van der Waals surface area contributed by atoms with E-state index >= 15 is 0 Å². The summed E-state index contributed by atoms with van der Waals surface area (Å²) in [5, 5.41) is 7.04. The maximum absolute atomic E-state index is 6.45. The van der Waals surface area contributed by atoms with E-state index in [0.29, 0.717) is 0 Å². The Bertz CT molecular complexity index is 749. The third kappa shape index (κ3) is 3.54. The molecule has 1 aliphatic carbocycles. The Kier molecular flexibility index (Phi) is 4.82. The lowest BCUT2D eigenvalue weighted by Crippen LogP contribution is -2.47. The molecule has 2 aliphatic rings. The number of para-hydroxylation sites is 1. The summed E-state index contributed by atoms with van der Waals surface area (Å²) >= 11 is 0. The molecule has 6 heteroatoms. The van der Waals surface area contributed by atoms with E-state index in [1.165, 1.54) is 18.4 Å². The van der Waals surface area contributed by atoms with Crippen LogP contribution in [0.25, 0.3) is 0 Å². The molecule has 1 spiro atoms. The van der Waals surface area contributed by atoms with E-state index in [-0.39, 0.29) is 11.6 Å². The van der Waals surface area contributed by atoms with Crippen LogP contribution in [0, 0.1) is 0 Å². The predicted molar refractivity (Wildman–Crippen MR) is 102 cm³/mol. The van der Waals surface area contributed by atoms with Crippen LogP contribution in [0.4, 0.5) is 0 Å². The van der Waals surface area contributed by atoms with Crippen molar-refractivity contribution < 1.29 is 4.74 Å². The molecule has 4 rings (SSSR count). The zero-order chi connectivity index (χ0) is 17.8. The standard InChI is InChI=1S/C20H27N5O/c1-21-19(23-11-13-25-12-10-22-15-25)24-17-14-20(8-4-5-9-20)26-18-7-3-2-6-16(17)18/h2-3,6-7,10,12,15,17H,4-5,8-9,11,13-14H2,1H3,(H2,21,23,24). The van der Waals surface area contributed by atoms with Crippen molar-refractivity contribution in [3.63, 3.8) is 0 Å². The van der Waals surface area contributed by atoms with Crippen LogP contribution < -0.4 is 15.4 Å². The predicted octanol–water partition coefficient (Wildman–Crippen LogP) is 2.88. The highest BCUT2D eigenvalue weighted by Gasteiger charge is 2.43. The van der Waals surface area contributed by atoms with Crippen molar-refractivity contribution in [3.05, 3.63) is 48.5 Å². The van der Waals surface area contributed by atoms with Gasteiger partial charge in [-0.1, -0.05) is 18.2 Å². The van der Waals surface area contributed by atoms with Gasteiger partial charge >= 0.3 is 0 Å². The molecule has 2 aromatic rings. The summed E-state index contributed by atoms with van der Waals surface area (Å²) in [6, 6.07) is 8.62. The Morgan fingerprint density at radius 1 is 1.35 bits per heavy atom. The van der Waals surface area contributed by atoms with Crippen LogP contribution in [0.5, 0.6) is 5.75 Å². The van der Waals surface area contributed by atoms with Gasteiger partial charge in [-0.15, -0.1) is 0 Å². The van der Waals surface area contributed by atoms with Gasteiger partial charge in [-0.05, 0) is 31.7 Å². The van der Waals surface area contributed by atoms with Crippen molar-refractivity contribution in [1.29, 1.82) is 0 Å². The fraction of sp³-hybridized carbons (Fsp3) is 0.500. The number of fused-ring (bicyclic) bond motifs is 1. The first-order chi connectivity index (χ1) is 12.8. The number of aromatic nitrogens is 2. The Labute approximate surface area is 154 Å². The average molecular weight is 353 g/mol. The van der Waals surface area contributed by atoms with Gasteiger partial charge in [0.1, 0.15) is 11.4 Å². The summed E-state index contributed by atoms with van der Waals surface area (Å²) in [4.78, 5) is 8.49. The van der Waals surface area contributed by atoms with Crippen molar-refractivity contribution in [3.8, 4) is 5.75 Å². The van der Waals surface area contributed by atoms with Gasteiger partial charge in [0.2, 0.25) is 0 Å². The van der Waals surface area contributed by atoms with Crippen molar-refractivity contribution >= 4 is 5.96 Å². The topological polar surface area (TPSA) is 63.5 Å². The number of hydrogen-bond donors (Lipinski definition) is 2. The molecule has 1 aliphatic heterocycles.